The Hall–Kier alpha value is -2.80. The fourth-order valence-corrected chi connectivity index (χ4v) is 1.99. The molecule has 21 heavy (non-hydrogen) atoms. The van der Waals surface area contributed by atoms with Crippen molar-refractivity contribution >= 4 is 11.6 Å². The molecular formula is C17H16N2O2. The van der Waals surface area contributed by atoms with E-state index in [0.717, 1.165) is 11.1 Å². The standard InChI is InChI=1S/C17H16N2O2/c1-12-6-5-7-14(13(12)2)17(20)19-15-8-3-4-9-16(15)21-11-10-18/h3-9H,11H2,1-2H3,(H,19,20). The number of hydrogen-bond acceptors (Lipinski definition) is 3. The number of ether oxygens (including phenoxy) is 1. The fraction of sp³-hybridized carbons (Fsp3) is 0.176. The zero-order valence-corrected chi connectivity index (χ0v) is 12.0. The van der Waals surface area contributed by atoms with Gasteiger partial charge in [-0.05, 0) is 43.2 Å². The predicted molar refractivity (Wildman–Crippen MR) is 81.4 cm³/mol. The number of para-hydroxylation sites is 2. The van der Waals surface area contributed by atoms with Crippen LogP contribution in [-0.4, -0.2) is 12.5 Å². The van der Waals surface area contributed by atoms with Crippen LogP contribution in [0, 0.1) is 25.2 Å². The van der Waals surface area contributed by atoms with E-state index in [1.54, 1.807) is 30.3 Å². The Labute approximate surface area is 124 Å². The summed E-state index contributed by atoms with van der Waals surface area (Å²) in [5, 5.41) is 11.4. The maximum absolute atomic E-state index is 12.4. The lowest BCUT2D eigenvalue weighted by atomic mass is 10.0. The number of carbonyl (C=O) groups excluding carboxylic acids is 1. The Morgan fingerprint density at radius 1 is 1.19 bits per heavy atom. The second-order valence-electron chi connectivity index (χ2n) is 4.64. The molecule has 0 aromatic heterocycles. The number of nitrogens with zero attached hydrogens (tertiary/aromatic N) is 1. The summed E-state index contributed by atoms with van der Waals surface area (Å²) in [6.45, 7) is 3.83. The minimum atomic E-state index is -0.191. The van der Waals surface area contributed by atoms with Crippen LogP contribution in [0.5, 0.6) is 5.75 Å². The highest BCUT2D eigenvalue weighted by molar-refractivity contribution is 6.06. The molecule has 2 aromatic carbocycles. The summed E-state index contributed by atoms with van der Waals surface area (Å²) in [5.74, 6) is 0.293. The SMILES string of the molecule is Cc1cccc(C(=O)Nc2ccccc2OCC#N)c1C. The summed E-state index contributed by atoms with van der Waals surface area (Å²) in [7, 11) is 0. The summed E-state index contributed by atoms with van der Waals surface area (Å²) in [6.07, 6.45) is 0. The van der Waals surface area contributed by atoms with Gasteiger partial charge < -0.3 is 10.1 Å². The van der Waals surface area contributed by atoms with E-state index in [9.17, 15) is 4.79 Å². The summed E-state index contributed by atoms with van der Waals surface area (Å²) in [6, 6.07) is 14.6. The molecule has 2 rings (SSSR count). The number of amides is 1. The van der Waals surface area contributed by atoms with Crippen molar-refractivity contribution in [2.75, 3.05) is 11.9 Å². The summed E-state index contributed by atoms with van der Waals surface area (Å²) < 4.78 is 5.30. The maximum Gasteiger partial charge on any atom is 0.256 e. The Morgan fingerprint density at radius 3 is 2.71 bits per heavy atom. The van der Waals surface area contributed by atoms with Gasteiger partial charge in [-0.3, -0.25) is 4.79 Å². The van der Waals surface area contributed by atoms with Gasteiger partial charge in [0.15, 0.2) is 6.61 Å². The molecule has 0 aliphatic heterocycles. The molecule has 0 spiro atoms. The molecule has 4 nitrogen and oxygen atoms in total. The molecule has 0 radical (unpaired) electrons. The van der Waals surface area contributed by atoms with Crippen LogP contribution in [0.15, 0.2) is 42.5 Å². The number of nitrogens with one attached hydrogen (secondary N) is 1. The lowest BCUT2D eigenvalue weighted by Gasteiger charge is -2.12. The summed E-state index contributed by atoms with van der Waals surface area (Å²) in [4.78, 5) is 12.4. The molecule has 0 saturated carbocycles. The third-order valence-corrected chi connectivity index (χ3v) is 3.28. The van der Waals surface area contributed by atoms with Crippen LogP contribution < -0.4 is 10.1 Å². The molecule has 2 aromatic rings. The first-order valence-corrected chi connectivity index (χ1v) is 6.60. The molecule has 0 unspecified atom stereocenters. The highest BCUT2D eigenvalue weighted by Gasteiger charge is 2.12. The maximum atomic E-state index is 12.4. The van der Waals surface area contributed by atoms with E-state index in [0.29, 0.717) is 17.0 Å². The Bertz CT molecular complexity index is 702. The van der Waals surface area contributed by atoms with E-state index in [1.807, 2.05) is 32.0 Å². The van der Waals surface area contributed by atoms with Crippen molar-refractivity contribution in [3.05, 3.63) is 59.2 Å². The normalized spacial score (nSPS) is 9.76. The van der Waals surface area contributed by atoms with Crippen LogP contribution in [0.4, 0.5) is 5.69 Å². The minimum absolute atomic E-state index is 0.0592. The van der Waals surface area contributed by atoms with E-state index in [2.05, 4.69) is 5.32 Å². The lowest BCUT2D eigenvalue weighted by Crippen LogP contribution is -2.14. The lowest BCUT2D eigenvalue weighted by molar-refractivity contribution is 0.102. The monoisotopic (exact) mass is 280 g/mol. The van der Waals surface area contributed by atoms with Crippen molar-refractivity contribution in [2.45, 2.75) is 13.8 Å². The molecule has 0 aliphatic rings. The molecule has 0 heterocycles. The molecule has 0 fully saturated rings. The average molecular weight is 280 g/mol. The number of carbonyl (C=O) groups is 1. The molecule has 0 aliphatic carbocycles. The number of nitriles is 1. The first-order valence-electron chi connectivity index (χ1n) is 6.60. The van der Waals surface area contributed by atoms with E-state index < -0.39 is 0 Å². The van der Waals surface area contributed by atoms with Gasteiger partial charge >= 0.3 is 0 Å². The Kier molecular flexibility index (Phi) is 4.57. The highest BCUT2D eigenvalue weighted by Crippen LogP contribution is 2.25. The van der Waals surface area contributed by atoms with Crippen molar-refractivity contribution in [1.82, 2.24) is 0 Å². The number of benzene rings is 2. The van der Waals surface area contributed by atoms with Gasteiger partial charge in [0.1, 0.15) is 11.8 Å². The smallest absolute Gasteiger partial charge is 0.256 e. The molecule has 0 bridgehead atoms. The van der Waals surface area contributed by atoms with Crippen molar-refractivity contribution in [1.29, 1.82) is 5.26 Å². The molecule has 4 heteroatoms. The molecule has 0 saturated heterocycles. The molecule has 1 amide bonds. The van der Waals surface area contributed by atoms with Gasteiger partial charge in [0.05, 0.1) is 5.69 Å². The third-order valence-electron chi connectivity index (χ3n) is 3.28. The zero-order chi connectivity index (χ0) is 15.2. The largest absolute Gasteiger partial charge is 0.477 e. The van der Waals surface area contributed by atoms with Crippen LogP contribution in [0.2, 0.25) is 0 Å². The van der Waals surface area contributed by atoms with Crippen LogP contribution in [0.1, 0.15) is 21.5 Å². The van der Waals surface area contributed by atoms with Gasteiger partial charge in [-0.15, -0.1) is 0 Å². The van der Waals surface area contributed by atoms with E-state index in [-0.39, 0.29) is 12.5 Å². The van der Waals surface area contributed by atoms with Gasteiger partial charge in [0.2, 0.25) is 0 Å². The zero-order valence-electron chi connectivity index (χ0n) is 12.0. The van der Waals surface area contributed by atoms with Crippen molar-refractivity contribution in [3.8, 4) is 11.8 Å². The molecule has 0 atom stereocenters. The van der Waals surface area contributed by atoms with Crippen molar-refractivity contribution in [2.24, 2.45) is 0 Å². The molecular weight excluding hydrogens is 264 g/mol. The van der Waals surface area contributed by atoms with E-state index in [1.165, 1.54) is 0 Å². The van der Waals surface area contributed by atoms with Crippen LogP contribution in [0.25, 0.3) is 0 Å². The molecule has 1 N–H and O–H groups in total. The first kappa shape index (κ1) is 14.6. The predicted octanol–water partition coefficient (Wildman–Crippen LogP) is 3.46. The van der Waals surface area contributed by atoms with E-state index in [4.69, 9.17) is 10.00 Å². The van der Waals surface area contributed by atoms with Gasteiger partial charge in [-0.1, -0.05) is 24.3 Å². The van der Waals surface area contributed by atoms with Crippen LogP contribution in [0.3, 0.4) is 0 Å². The Morgan fingerprint density at radius 2 is 1.95 bits per heavy atom. The molecule has 106 valence electrons. The van der Waals surface area contributed by atoms with Gasteiger partial charge in [0.25, 0.3) is 5.91 Å². The van der Waals surface area contributed by atoms with Crippen molar-refractivity contribution in [3.63, 3.8) is 0 Å². The number of aryl methyl sites for hydroxylation is 1. The topological polar surface area (TPSA) is 62.1 Å². The van der Waals surface area contributed by atoms with E-state index >= 15 is 0 Å². The minimum Gasteiger partial charge on any atom is -0.477 e. The van der Waals surface area contributed by atoms with Crippen LogP contribution >= 0.6 is 0 Å². The third kappa shape index (κ3) is 3.40. The van der Waals surface area contributed by atoms with Crippen LogP contribution in [-0.2, 0) is 0 Å². The van der Waals surface area contributed by atoms with Crippen molar-refractivity contribution < 1.29 is 9.53 Å². The quantitative estimate of drug-likeness (QED) is 0.932. The Balaban J connectivity index is 2.24. The first-order chi connectivity index (χ1) is 10.1. The van der Waals surface area contributed by atoms with Gasteiger partial charge in [-0.2, -0.15) is 5.26 Å². The summed E-state index contributed by atoms with van der Waals surface area (Å²) in [5.41, 5.74) is 3.20. The van der Waals surface area contributed by atoms with Gasteiger partial charge in [-0.25, -0.2) is 0 Å². The highest BCUT2D eigenvalue weighted by atomic mass is 16.5. The average Bonchev–Trinajstić information content (AvgIpc) is 2.49. The second-order valence-corrected chi connectivity index (χ2v) is 4.64. The van der Waals surface area contributed by atoms with Gasteiger partial charge in [0, 0.05) is 5.56 Å². The number of anilines is 1. The second kappa shape index (κ2) is 6.58. The fourth-order valence-electron chi connectivity index (χ4n) is 1.99. The number of rotatable bonds is 4. The summed E-state index contributed by atoms with van der Waals surface area (Å²) >= 11 is 0. The number of hydrogen-bond donors (Lipinski definition) is 1.